The number of aromatic nitrogens is 2. The lowest BCUT2D eigenvalue weighted by atomic mass is 10.1. The second-order valence-corrected chi connectivity index (χ2v) is 7.96. The van der Waals surface area contributed by atoms with Gasteiger partial charge in [-0.3, -0.25) is 9.59 Å². The van der Waals surface area contributed by atoms with Gasteiger partial charge in [-0.15, -0.1) is 0 Å². The molecule has 0 atom stereocenters. The van der Waals surface area contributed by atoms with E-state index in [1.165, 1.54) is 0 Å². The summed E-state index contributed by atoms with van der Waals surface area (Å²) < 4.78 is 11.0. The number of carbonyl (C=O) groups is 2. The van der Waals surface area contributed by atoms with Crippen molar-refractivity contribution in [2.24, 2.45) is 0 Å². The molecule has 0 N–H and O–H groups in total. The van der Waals surface area contributed by atoms with Crippen molar-refractivity contribution in [3.05, 3.63) is 59.4 Å². The molecule has 172 valence electrons. The first-order valence-electron chi connectivity index (χ1n) is 11.1. The molecule has 0 aliphatic carbocycles. The van der Waals surface area contributed by atoms with Gasteiger partial charge in [-0.2, -0.15) is 0 Å². The summed E-state index contributed by atoms with van der Waals surface area (Å²) in [7, 11) is 0. The van der Waals surface area contributed by atoms with Gasteiger partial charge in [0.25, 0.3) is 11.8 Å². The molecule has 0 spiro atoms. The van der Waals surface area contributed by atoms with Crippen molar-refractivity contribution >= 4 is 22.8 Å². The molecule has 2 amide bonds. The third-order valence-corrected chi connectivity index (χ3v) is 5.74. The molecular weight excluding hydrogens is 420 g/mol. The first-order chi connectivity index (χ1) is 15.9. The Hall–Kier alpha value is -3.68. The standard InChI is InChI=1S/C25H28N4O4/c1-4-32-20-6-8-21(9-7-20)33-16-24(30)28-11-13-29(14-12-28)25(31)19-5-10-22-23(15-19)27-18(3)17(2)26-22/h5-10,15H,4,11-14,16H2,1-3H3. The SMILES string of the molecule is CCOc1ccc(OCC(=O)N2CCN(C(=O)c3ccc4nc(C)c(C)nc4c3)CC2)cc1. The van der Waals surface area contributed by atoms with E-state index >= 15 is 0 Å². The van der Waals surface area contributed by atoms with Crippen LogP contribution in [0, 0.1) is 13.8 Å². The molecule has 1 fully saturated rings. The minimum Gasteiger partial charge on any atom is -0.494 e. The summed E-state index contributed by atoms with van der Waals surface area (Å²) >= 11 is 0. The van der Waals surface area contributed by atoms with Crippen molar-refractivity contribution in [2.45, 2.75) is 20.8 Å². The predicted octanol–water partition coefficient (Wildman–Crippen LogP) is 3.01. The number of aryl methyl sites for hydroxylation is 2. The van der Waals surface area contributed by atoms with Gasteiger partial charge >= 0.3 is 0 Å². The summed E-state index contributed by atoms with van der Waals surface area (Å²) in [5.74, 6) is 1.23. The molecule has 1 aromatic heterocycles. The Balaban J connectivity index is 1.30. The van der Waals surface area contributed by atoms with Crippen LogP contribution >= 0.6 is 0 Å². The summed E-state index contributed by atoms with van der Waals surface area (Å²) in [5, 5.41) is 0. The fourth-order valence-corrected chi connectivity index (χ4v) is 3.74. The first-order valence-corrected chi connectivity index (χ1v) is 11.1. The number of piperazine rings is 1. The summed E-state index contributed by atoms with van der Waals surface area (Å²) in [5.41, 5.74) is 3.81. The van der Waals surface area contributed by atoms with Crippen molar-refractivity contribution in [3.63, 3.8) is 0 Å². The van der Waals surface area contributed by atoms with E-state index in [1.54, 1.807) is 34.1 Å². The van der Waals surface area contributed by atoms with Crippen molar-refractivity contribution in [2.75, 3.05) is 39.4 Å². The van der Waals surface area contributed by atoms with Crippen molar-refractivity contribution in [1.82, 2.24) is 19.8 Å². The van der Waals surface area contributed by atoms with E-state index in [9.17, 15) is 9.59 Å². The number of hydrogen-bond acceptors (Lipinski definition) is 6. The zero-order valence-electron chi connectivity index (χ0n) is 19.2. The maximum atomic E-state index is 13.0. The van der Waals surface area contributed by atoms with Gasteiger partial charge in [0.15, 0.2) is 6.61 Å². The van der Waals surface area contributed by atoms with Gasteiger partial charge in [-0.1, -0.05) is 0 Å². The second kappa shape index (κ2) is 9.85. The van der Waals surface area contributed by atoms with Crippen LogP contribution in [0.1, 0.15) is 28.7 Å². The van der Waals surface area contributed by atoms with E-state index in [1.807, 2.05) is 39.0 Å². The summed E-state index contributed by atoms with van der Waals surface area (Å²) in [6, 6.07) is 12.6. The van der Waals surface area contributed by atoms with Gasteiger partial charge in [0.05, 0.1) is 29.0 Å². The molecule has 0 saturated carbocycles. The van der Waals surface area contributed by atoms with Crippen molar-refractivity contribution in [1.29, 1.82) is 0 Å². The van der Waals surface area contributed by atoms with Gasteiger partial charge in [0.2, 0.25) is 0 Å². The minimum atomic E-state index is -0.0946. The summed E-state index contributed by atoms with van der Waals surface area (Å²) in [6.07, 6.45) is 0. The third-order valence-electron chi connectivity index (χ3n) is 5.74. The van der Waals surface area contributed by atoms with E-state index in [2.05, 4.69) is 9.97 Å². The number of carbonyl (C=O) groups excluding carboxylic acids is 2. The number of rotatable bonds is 6. The number of benzene rings is 2. The molecule has 1 saturated heterocycles. The number of amides is 2. The van der Waals surface area contributed by atoms with Gasteiger partial charge < -0.3 is 19.3 Å². The minimum absolute atomic E-state index is 0.0377. The van der Waals surface area contributed by atoms with Gasteiger partial charge in [-0.05, 0) is 63.2 Å². The maximum Gasteiger partial charge on any atom is 0.260 e. The molecule has 0 unspecified atom stereocenters. The number of fused-ring (bicyclic) bond motifs is 1. The molecule has 1 aliphatic rings. The van der Waals surface area contributed by atoms with Crippen LogP contribution in [0.15, 0.2) is 42.5 Å². The lowest BCUT2D eigenvalue weighted by Crippen LogP contribution is -2.51. The molecule has 8 heteroatoms. The lowest BCUT2D eigenvalue weighted by molar-refractivity contribution is -0.134. The highest BCUT2D eigenvalue weighted by Crippen LogP contribution is 2.19. The highest BCUT2D eigenvalue weighted by atomic mass is 16.5. The van der Waals surface area contributed by atoms with Crippen LogP contribution < -0.4 is 9.47 Å². The molecule has 8 nitrogen and oxygen atoms in total. The van der Waals surface area contributed by atoms with Crippen LogP contribution in [-0.2, 0) is 4.79 Å². The Kier molecular flexibility index (Phi) is 6.72. The number of hydrogen-bond donors (Lipinski definition) is 0. The number of ether oxygens (including phenoxy) is 2. The molecule has 1 aliphatic heterocycles. The van der Waals surface area contributed by atoms with Crippen LogP contribution in [-0.4, -0.2) is 71.0 Å². The lowest BCUT2D eigenvalue weighted by Gasteiger charge is -2.34. The summed E-state index contributed by atoms with van der Waals surface area (Å²) in [6.45, 7) is 8.22. The fraction of sp³-hybridized carbons (Fsp3) is 0.360. The maximum absolute atomic E-state index is 13.0. The predicted molar refractivity (Wildman–Crippen MR) is 125 cm³/mol. The topological polar surface area (TPSA) is 84.9 Å². The monoisotopic (exact) mass is 448 g/mol. The Labute approximate surface area is 193 Å². The molecule has 0 radical (unpaired) electrons. The van der Waals surface area contributed by atoms with Gasteiger partial charge in [-0.25, -0.2) is 9.97 Å². The quantitative estimate of drug-likeness (QED) is 0.576. The van der Waals surface area contributed by atoms with Crippen molar-refractivity contribution < 1.29 is 19.1 Å². The van der Waals surface area contributed by atoms with Crippen LogP contribution in [0.3, 0.4) is 0 Å². The Morgan fingerprint density at radius 3 is 2.03 bits per heavy atom. The Morgan fingerprint density at radius 1 is 0.818 bits per heavy atom. The second-order valence-electron chi connectivity index (χ2n) is 7.96. The Morgan fingerprint density at radius 2 is 1.39 bits per heavy atom. The zero-order chi connectivity index (χ0) is 23.4. The molecule has 2 heterocycles. The summed E-state index contributed by atoms with van der Waals surface area (Å²) in [4.78, 5) is 38.1. The van der Waals surface area contributed by atoms with Crippen LogP contribution in [0.4, 0.5) is 0 Å². The molecule has 33 heavy (non-hydrogen) atoms. The van der Waals surface area contributed by atoms with Crippen molar-refractivity contribution in [3.8, 4) is 11.5 Å². The molecule has 4 rings (SSSR count). The van der Waals surface area contributed by atoms with Gasteiger partial charge in [0, 0.05) is 31.7 Å². The Bertz CT molecular complexity index is 1160. The van der Waals surface area contributed by atoms with E-state index in [0.29, 0.717) is 49.6 Å². The highest BCUT2D eigenvalue weighted by Gasteiger charge is 2.25. The fourth-order valence-electron chi connectivity index (χ4n) is 3.74. The molecule has 2 aromatic carbocycles. The van der Waals surface area contributed by atoms with Crippen LogP contribution in [0.2, 0.25) is 0 Å². The normalized spacial score (nSPS) is 13.8. The third kappa shape index (κ3) is 5.22. The van der Waals surface area contributed by atoms with E-state index in [4.69, 9.17) is 9.47 Å². The number of nitrogens with zero attached hydrogens (tertiary/aromatic N) is 4. The van der Waals surface area contributed by atoms with E-state index in [0.717, 1.165) is 22.7 Å². The molecule has 3 aromatic rings. The van der Waals surface area contributed by atoms with Gasteiger partial charge in [0.1, 0.15) is 11.5 Å². The highest BCUT2D eigenvalue weighted by molar-refractivity contribution is 5.97. The molecular formula is C25H28N4O4. The average Bonchev–Trinajstić information content (AvgIpc) is 2.84. The largest absolute Gasteiger partial charge is 0.494 e. The first kappa shape index (κ1) is 22.5. The van der Waals surface area contributed by atoms with E-state index in [-0.39, 0.29) is 18.4 Å². The van der Waals surface area contributed by atoms with Crippen LogP contribution in [0.25, 0.3) is 11.0 Å². The van der Waals surface area contributed by atoms with E-state index < -0.39 is 0 Å². The average molecular weight is 449 g/mol. The van der Waals surface area contributed by atoms with Crippen LogP contribution in [0.5, 0.6) is 11.5 Å². The zero-order valence-corrected chi connectivity index (χ0v) is 19.2. The molecule has 0 bridgehead atoms. The smallest absolute Gasteiger partial charge is 0.260 e.